The Morgan fingerprint density at radius 3 is 2.31 bits per heavy atom. The van der Waals surface area contributed by atoms with Crippen molar-refractivity contribution in [2.24, 2.45) is 5.14 Å². The second-order valence-electron chi connectivity index (χ2n) is 2.22. The van der Waals surface area contributed by atoms with E-state index in [2.05, 4.69) is 0 Å². The van der Waals surface area contributed by atoms with Gasteiger partial charge in [-0.25, -0.2) is 17.9 Å². The van der Waals surface area contributed by atoms with Gasteiger partial charge in [-0.3, -0.25) is 0 Å². The van der Waals surface area contributed by atoms with Crippen molar-refractivity contribution in [3.63, 3.8) is 0 Å². The van der Waals surface area contributed by atoms with Crippen LogP contribution < -0.4 is 5.14 Å². The SMILES string of the molecule is NS(=O)(=O)c1ccc(Cl)c(Cl)c1F. The third-order valence-corrected chi connectivity index (χ3v) is 3.02. The van der Waals surface area contributed by atoms with Gasteiger partial charge in [-0.05, 0) is 12.1 Å². The van der Waals surface area contributed by atoms with E-state index in [1.165, 1.54) is 0 Å². The molecule has 0 aliphatic rings. The summed E-state index contributed by atoms with van der Waals surface area (Å²) in [5, 5.41) is 4.19. The number of primary sulfonamides is 1. The molecule has 0 spiro atoms. The standard InChI is InChI=1S/C6H4Cl2FNO2S/c7-3-1-2-4(13(10,11)12)6(9)5(3)8/h1-2H,(H2,10,11,12). The first-order chi connectivity index (χ1) is 5.84. The highest BCUT2D eigenvalue weighted by atomic mass is 35.5. The Bertz CT molecular complexity index is 446. The van der Waals surface area contributed by atoms with Crippen LogP contribution in [0.15, 0.2) is 17.0 Å². The molecule has 0 saturated heterocycles. The zero-order chi connectivity index (χ0) is 10.2. The molecule has 0 atom stereocenters. The molecule has 0 fully saturated rings. The van der Waals surface area contributed by atoms with Gasteiger partial charge >= 0.3 is 0 Å². The maximum absolute atomic E-state index is 13.1. The molecule has 0 aromatic heterocycles. The average molecular weight is 244 g/mol. The molecule has 1 aromatic carbocycles. The highest BCUT2D eigenvalue weighted by Gasteiger charge is 2.18. The monoisotopic (exact) mass is 243 g/mol. The average Bonchev–Trinajstić information content (AvgIpc) is 1.98. The minimum Gasteiger partial charge on any atom is -0.225 e. The minimum absolute atomic E-state index is 0.0634. The molecule has 0 radical (unpaired) electrons. The fourth-order valence-corrected chi connectivity index (χ4v) is 1.70. The summed E-state index contributed by atoms with van der Waals surface area (Å²) < 4.78 is 34.6. The zero-order valence-corrected chi connectivity index (χ0v) is 8.42. The van der Waals surface area contributed by atoms with Crippen molar-refractivity contribution in [2.75, 3.05) is 0 Å². The van der Waals surface area contributed by atoms with Gasteiger partial charge in [-0.1, -0.05) is 23.2 Å². The number of nitrogens with two attached hydrogens (primary N) is 1. The van der Waals surface area contributed by atoms with Gasteiger partial charge in [0.15, 0.2) is 5.82 Å². The van der Waals surface area contributed by atoms with Gasteiger partial charge in [0.05, 0.1) is 10.0 Å². The summed E-state index contributed by atoms with van der Waals surface area (Å²) in [4.78, 5) is -0.665. The van der Waals surface area contributed by atoms with Crippen LogP contribution in [0.5, 0.6) is 0 Å². The normalized spacial score (nSPS) is 11.7. The number of sulfonamides is 1. The first-order valence-electron chi connectivity index (χ1n) is 3.00. The van der Waals surface area contributed by atoms with Crippen LogP contribution in [0, 0.1) is 5.82 Å². The van der Waals surface area contributed by atoms with E-state index < -0.39 is 25.8 Å². The first-order valence-corrected chi connectivity index (χ1v) is 5.30. The highest BCUT2D eigenvalue weighted by molar-refractivity contribution is 7.89. The van der Waals surface area contributed by atoms with Crippen molar-refractivity contribution < 1.29 is 12.8 Å². The van der Waals surface area contributed by atoms with Crippen LogP contribution in [-0.2, 0) is 10.0 Å². The minimum atomic E-state index is -4.09. The van der Waals surface area contributed by atoms with Crippen molar-refractivity contribution >= 4 is 33.2 Å². The summed E-state index contributed by atoms with van der Waals surface area (Å²) in [6.07, 6.45) is 0. The smallest absolute Gasteiger partial charge is 0.225 e. The van der Waals surface area contributed by atoms with Crippen molar-refractivity contribution in [1.82, 2.24) is 0 Å². The summed E-state index contributed by atoms with van der Waals surface area (Å²) in [7, 11) is -4.09. The molecule has 0 bridgehead atoms. The lowest BCUT2D eigenvalue weighted by atomic mass is 10.3. The third-order valence-electron chi connectivity index (χ3n) is 1.31. The number of benzene rings is 1. The second kappa shape index (κ2) is 3.42. The van der Waals surface area contributed by atoms with Gasteiger partial charge in [-0.15, -0.1) is 0 Å². The van der Waals surface area contributed by atoms with E-state index in [4.69, 9.17) is 28.3 Å². The second-order valence-corrected chi connectivity index (χ2v) is 4.53. The van der Waals surface area contributed by atoms with E-state index in [9.17, 15) is 12.8 Å². The van der Waals surface area contributed by atoms with Crippen molar-refractivity contribution in [3.05, 3.63) is 28.0 Å². The fourth-order valence-electron chi connectivity index (χ4n) is 0.728. The number of rotatable bonds is 1. The van der Waals surface area contributed by atoms with Crippen LogP contribution in [0.4, 0.5) is 4.39 Å². The van der Waals surface area contributed by atoms with Gasteiger partial charge in [0.2, 0.25) is 10.0 Å². The third kappa shape index (κ3) is 2.11. The van der Waals surface area contributed by atoms with E-state index in [-0.39, 0.29) is 5.02 Å². The van der Waals surface area contributed by atoms with Gasteiger partial charge in [0, 0.05) is 0 Å². The van der Waals surface area contributed by atoms with Crippen LogP contribution in [0.3, 0.4) is 0 Å². The molecule has 2 N–H and O–H groups in total. The van der Waals surface area contributed by atoms with Crippen molar-refractivity contribution in [1.29, 1.82) is 0 Å². The van der Waals surface area contributed by atoms with Crippen LogP contribution >= 0.6 is 23.2 Å². The predicted molar refractivity (Wildman–Crippen MR) is 47.8 cm³/mol. The van der Waals surface area contributed by atoms with E-state index in [0.717, 1.165) is 12.1 Å². The van der Waals surface area contributed by atoms with E-state index in [0.29, 0.717) is 0 Å². The molecule has 1 aromatic rings. The molecule has 0 aliphatic heterocycles. The van der Waals surface area contributed by atoms with E-state index >= 15 is 0 Å². The Morgan fingerprint density at radius 2 is 1.85 bits per heavy atom. The Hall–Kier alpha value is -0.360. The fraction of sp³-hybridized carbons (Fsp3) is 0. The van der Waals surface area contributed by atoms with Gasteiger partial charge in [0.25, 0.3) is 0 Å². The molecule has 13 heavy (non-hydrogen) atoms. The van der Waals surface area contributed by atoms with E-state index in [1.54, 1.807) is 0 Å². The number of hydrogen-bond acceptors (Lipinski definition) is 2. The summed E-state index contributed by atoms with van der Waals surface area (Å²) in [6, 6.07) is 2.12. The molecule has 7 heteroatoms. The lowest BCUT2D eigenvalue weighted by Crippen LogP contribution is -2.14. The summed E-state index contributed by atoms with van der Waals surface area (Å²) in [5.74, 6) is -1.13. The largest absolute Gasteiger partial charge is 0.241 e. The maximum Gasteiger partial charge on any atom is 0.241 e. The lowest BCUT2D eigenvalue weighted by Gasteiger charge is -2.02. The van der Waals surface area contributed by atoms with Crippen LogP contribution in [-0.4, -0.2) is 8.42 Å². The molecular weight excluding hydrogens is 240 g/mol. The maximum atomic E-state index is 13.1. The van der Waals surface area contributed by atoms with Crippen LogP contribution in [0.2, 0.25) is 10.0 Å². The quantitative estimate of drug-likeness (QED) is 0.765. The molecule has 3 nitrogen and oxygen atoms in total. The lowest BCUT2D eigenvalue weighted by molar-refractivity contribution is 0.568. The zero-order valence-electron chi connectivity index (χ0n) is 6.09. The first kappa shape index (κ1) is 10.7. The number of halogens is 3. The van der Waals surface area contributed by atoms with Gasteiger partial charge in [0.1, 0.15) is 4.90 Å². The molecular formula is C6H4Cl2FNO2S. The Kier molecular flexibility index (Phi) is 2.82. The molecule has 0 amide bonds. The topological polar surface area (TPSA) is 60.2 Å². The molecule has 0 aliphatic carbocycles. The summed E-state index contributed by atoms with van der Waals surface area (Å²) >= 11 is 10.8. The molecule has 0 heterocycles. The Balaban J connectivity index is 3.53. The van der Waals surface area contributed by atoms with Crippen LogP contribution in [0.1, 0.15) is 0 Å². The summed E-state index contributed by atoms with van der Waals surface area (Å²) in [6.45, 7) is 0. The molecule has 1 rings (SSSR count). The molecule has 0 saturated carbocycles. The Morgan fingerprint density at radius 1 is 1.31 bits per heavy atom. The summed E-state index contributed by atoms with van der Waals surface area (Å²) in [5.41, 5.74) is 0. The van der Waals surface area contributed by atoms with Gasteiger partial charge < -0.3 is 0 Å². The van der Waals surface area contributed by atoms with Crippen LogP contribution in [0.25, 0.3) is 0 Å². The predicted octanol–water partition coefficient (Wildman–Crippen LogP) is 1.78. The van der Waals surface area contributed by atoms with E-state index in [1.807, 2.05) is 0 Å². The van der Waals surface area contributed by atoms with Gasteiger partial charge in [-0.2, -0.15) is 0 Å². The van der Waals surface area contributed by atoms with Crippen molar-refractivity contribution in [2.45, 2.75) is 4.90 Å². The van der Waals surface area contributed by atoms with Crippen molar-refractivity contribution in [3.8, 4) is 0 Å². The highest BCUT2D eigenvalue weighted by Crippen LogP contribution is 2.28. The molecule has 72 valence electrons. The number of hydrogen-bond donors (Lipinski definition) is 1. The Labute approximate surface area is 84.3 Å². The molecule has 0 unspecified atom stereocenters.